The molecule has 4 heterocycles. The Hall–Kier alpha value is -2.45. The highest BCUT2D eigenvalue weighted by atomic mass is 32.1. The first-order valence-corrected chi connectivity index (χ1v) is 9.20. The molecule has 3 aromatic heterocycles. The fourth-order valence-corrected chi connectivity index (χ4v) is 3.62. The summed E-state index contributed by atoms with van der Waals surface area (Å²) in [6.07, 6.45) is 4.41. The second-order valence-electron chi connectivity index (χ2n) is 6.00. The zero-order valence-electron chi connectivity index (χ0n) is 13.7. The summed E-state index contributed by atoms with van der Waals surface area (Å²) in [5.41, 5.74) is 2.33. The zero-order valence-corrected chi connectivity index (χ0v) is 14.5. The summed E-state index contributed by atoms with van der Waals surface area (Å²) in [7, 11) is 0. The van der Waals surface area contributed by atoms with Crippen molar-refractivity contribution in [2.45, 2.75) is 19.1 Å². The van der Waals surface area contributed by atoms with E-state index in [0.717, 1.165) is 17.7 Å². The van der Waals surface area contributed by atoms with Crippen LogP contribution in [0.2, 0.25) is 0 Å². The highest BCUT2D eigenvalue weighted by molar-refractivity contribution is 7.08. The van der Waals surface area contributed by atoms with Crippen LogP contribution >= 0.6 is 11.3 Å². The minimum atomic E-state index is -0.0642. The van der Waals surface area contributed by atoms with Gasteiger partial charge in [0, 0.05) is 43.0 Å². The van der Waals surface area contributed by atoms with E-state index < -0.39 is 0 Å². The van der Waals surface area contributed by atoms with Crippen molar-refractivity contribution in [2.75, 3.05) is 19.7 Å². The molecule has 0 bridgehead atoms. The molecule has 0 unspecified atom stereocenters. The molecule has 3 aromatic rings. The standard InChI is InChI=1S/C17H19N5O2S/c23-17(16-9-15(19-20-16)13-3-8-25-12-13)21-5-2-7-24-14(10-21)11-22-6-1-4-18-22/h1,3-4,6,8-9,12,14H,2,5,7,10-11H2,(H,19,20)/t14-/m0/s1. The van der Waals surface area contributed by atoms with E-state index in [4.69, 9.17) is 4.74 Å². The van der Waals surface area contributed by atoms with Gasteiger partial charge < -0.3 is 9.64 Å². The molecule has 0 saturated carbocycles. The maximum Gasteiger partial charge on any atom is 0.271 e. The summed E-state index contributed by atoms with van der Waals surface area (Å²) in [6.45, 7) is 2.52. The normalized spacial score (nSPS) is 18.2. The number of carbonyl (C=O) groups is 1. The maximum absolute atomic E-state index is 12.9. The molecule has 0 aromatic carbocycles. The van der Waals surface area contributed by atoms with Crippen LogP contribution in [0.4, 0.5) is 0 Å². The molecule has 1 atom stereocenters. The van der Waals surface area contributed by atoms with Crippen molar-refractivity contribution in [1.29, 1.82) is 0 Å². The Morgan fingerprint density at radius 2 is 2.44 bits per heavy atom. The Morgan fingerprint density at radius 3 is 3.24 bits per heavy atom. The Balaban J connectivity index is 1.46. The van der Waals surface area contributed by atoms with Crippen molar-refractivity contribution >= 4 is 17.2 Å². The van der Waals surface area contributed by atoms with Gasteiger partial charge in [0.15, 0.2) is 0 Å². The van der Waals surface area contributed by atoms with Gasteiger partial charge in [0.1, 0.15) is 5.69 Å². The SMILES string of the molecule is O=C(c1cc(-c2ccsc2)n[nH]1)N1CCCO[C@H](Cn2cccn2)C1. The Labute approximate surface area is 149 Å². The second-order valence-corrected chi connectivity index (χ2v) is 6.78. The average Bonchev–Trinajstić information content (AvgIpc) is 3.35. The number of carbonyl (C=O) groups excluding carboxylic acids is 1. The number of thiophene rings is 1. The monoisotopic (exact) mass is 357 g/mol. The molecule has 1 saturated heterocycles. The smallest absolute Gasteiger partial charge is 0.271 e. The molecular weight excluding hydrogens is 338 g/mol. The Kier molecular flexibility index (Phi) is 4.62. The van der Waals surface area contributed by atoms with Crippen LogP contribution in [0.3, 0.4) is 0 Å². The zero-order chi connectivity index (χ0) is 17.1. The first kappa shape index (κ1) is 16.0. The lowest BCUT2D eigenvalue weighted by Gasteiger charge is -2.23. The molecule has 130 valence electrons. The molecule has 1 amide bonds. The number of rotatable bonds is 4. The highest BCUT2D eigenvalue weighted by Gasteiger charge is 2.25. The van der Waals surface area contributed by atoms with E-state index in [-0.39, 0.29) is 12.0 Å². The van der Waals surface area contributed by atoms with Gasteiger partial charge in [-0.1, -0.05) is 0 Å². The number of aromatic nitrogens is 4. The van der Waals surface area contributed by atoms with Crippen LogP contribution in [0.1, 0.15) is 16.9 Å². The van der Waals surface area contributed by atoms with Gasteiger partial charge >= 0.3 is 0 Å². The second kappa shape index (κ2) is 7.20. The van der Waals surface area contributed by atoms with Crippen molar-refractivity contribution in [2.24, 2.45) is 0 Å². The van der Waals surface area contributed by atoms with Gasteiger partial charge in [0.2, 0.25) is 0 Å². The van der Waals surface area contributed by atoms with Gasteiger partial charge in [-0.25, -0.2) is 0 Å². The van der Waals surface area contributed by atoms with Crippen LogP contribution < -0.4 is 0 Å². The lowest BCUT2D eigenvalue weighted by molar-refractivity contribution is 0.0365. The third kappa shape index (κ3) is 3.64. The summed E-state index contributed by atoms with van der Waals surface area (Å²) >= 11 is 1.61. The van der Waals surface area contributed by atoms with Crippen LogP contribution in [0.5, 0.6) is 0 Å². The summed E-state index contributed by atoms with van der Waals surface area (Å²) in [5, 5.41) is 15.4. The first-order chi connectivity index (χ1) is 12.3. The molecule has 7 nitrogen and oxygen atoms in total. The van der Waals surface area contributed by atoms with E-state index >= 15 is 0 Å². The van der Waals surface area contributed by atoms with Gasteiger partial charge in [0.05, 0.1) is 18.3 Å². The molecule has 25 heavy (non-hydrogen) atoms. The van der Waals surface area contributed by atoms with Crippen molar-refractivity contribution in [3.05, 3.63) is 47.0 Å². The number of aromatic amines is 1. The first-order valence-electron chi connectivity index (χ1n) is 8.26. The number of H-pyrrole nitrogens is 1. The van der Waals surface area contributed by atoms with E-state index in [9.17, 15) is 4.79 Å². The van der Waals surface area contributed by atoms with E-state index in [1.165, 1.54) is 0 Å². The molecule has 4 rings (SSSR count). The van der Waals surface area contributed by atoms with Gasteiger partial charge in [0.25, 0.3) is 5.91 Å². The fourth-order valence-electron chi connectivity index (χ4n) is 2.97. The minimum absolute atomic E-state index is 0.0371. The lowest BCUT2D eigenvalue weighted by Crippen LogP contribution is -2.38. The maximum atomic E-state index is 12.9. The molecule has 0 aliphatic carbocycles. The number of ether oxygens (including phenoxy) is 1. The summed E-state index contributed by atoms with van der Waals surface area (Å²) < 4.78 is 7.71. The van der Waals surface area contributed by atoms with Gasteiger partial charge in [-0.3, -0.25) is 14.6 Å². The largest absolute Gasteiger partial charge is 0.374 e. The van der Waals surface area contributed by atoms with Crippen molar-refractivity contribution in [1.82, 2.24) is 24.9 Å². The van der Waals surface area contributed by atoms with Crippen molar-refractivity contribution in [3.63, 3.8) is 0 Å². The quantitative estimate of drug-likeness (QED) is 0.777. The third-order valence-corrected chi connectivity index (χ3v) is 4.90. The molecule has 1 N–H and O–H groups in total. The number of amides is 1. The minimum Gasteiger partial charge on any atom is -0.374 e. The third-order valence-electron chi connectivity index (χ3n) is 4.21. The summed E-state index contributed by atoms with van der Waals surface area (Å²) in [5.74, 6) is -0.0371. The van der Waals surface area contributed by atoms with Gasteiger partial charge in [-0.15, -0.1) is 0 Å². The molecule has 1 aliphatic heterocycles. The summed E-state index contributed by atoms with van der Waals surface area (Å²) in [6, 6.07) is 5.70. The molecule has 0 radical (unpaired) electrons. The van der Waals surface area contributed by atoms with Crippen LogP contribution in [-0.2, 0) is 11.3 Å². The Morgan fingerprint density at radius 1 is 1.48 bits per heavy atom. The van der Waals surface area contributed by atoms with Crippen molar-refractivity contribution < 1.29 is 9.53 Å². The Bertz CT molecular complexity index is 812. The number of nitrogens with zero attached hydrogens (tertiary/aromatic N) is 4. The molecule has 8 heteroatoms. The molecular formula is C17H19N5O2S. The molecule has 1 fully saturated rings. The number of nitrogens with one attached hydrogen (secondary N) is 1. The van der Waals surface area contributed by atoms with E-state index in [1.807, 2.05) is 44.7 Å². The average molecular weight is 357 g/mol. The van der Waals surface area contributed by atoms with Crippen LogP contribution in [0.15, 0.2) is 41.4 Å². The van der Waals surface area contributed by atoms with Crippen LogP contribution in [0, 0.1) is 0 Å². The van der Waals surface area contributed by atoms with Crippen LogP contribution in [0.25, 0.3) is 11.3 Å². The van der Waals surface area contributed by atoms with E-state index in [1.54, 1.807) is 17.5 Å². The molecule has 0 spiro atoms. The predicted molar refractivity (Wildman–Crippen MR) is 94.4 cm³/mol. The van der Waals surface area contributed by atoms with Gasteiger partial charge in [-0.05, 0) is 30.0 Å². The fraction of sp³-hybridized carbons (Fsp3) is 0.353. The molecule has 1 aliphatic rings. The topological polar surface area (TPSA) is 76.0 Å². The van der Waals surface area contributed by atoms with Crippen LogP contribution in [-0.4, -0.2) is 56.6 Å². The number of hydrogen-bond acceptors (Lipinski definition) is 5. The van der Waals surface area contributed by atoms with E-state index in [0.29, 0.717) is 31.9 Å². The van der Waals surface area contributed by atoms with Gasteiger partial charge in [-0.2, -0.15) is 21.5 Å². The highest BCUT2D eigenvalue weighted by Crippen LogP contribution is 2.21. The van der Waals surface area contributed by atoms with Crippen molar-refractivity contribution in [3.8, 4) is 11.3 Å². The van der Waals surface area contributed by atoms with E-state index in [2.05, 4.69) is 15.3 Å². The number of hydrogen-bond donors (Lipinski definition) is 1. The lowest BCUT2D eigenvalue weighted by atomic mass is 10.2. The predicted octanol–water partition coefficient (Wildman–Crippen LogP) is 2.27. The summed E-state index contributed by atoms with van der Waals surface area (Å²) in [4.78, 5) is 14.7.